The van der Waals surface area contributed by atoms with Crippen LogP contribution in [-0.2, 0) is 0 Å². The molecule has 2 aromatic carbocycles. The molecule has 3 rings (SSSR count). The van der Waals surface area contributed by atoms with Gasteiger partial charge in [0, 0.05) is 29.0 Å². The monoisotopic (exact) mass is 271 g/mol. The number of anilines is 3. The van der Waals surface area contributed by atoms with Crippen LogP contribution < -0.4 is 11.1 Å². The molecule has 1 aromatic heterocycles. The summed E-state index contributed by atoms with van der Waals surface area (Å²) in [4.78, 5) is 4.20. The molecule has 0 bridgehead atoms. The van der Waals surface area contributed by atoms with Crippen LogP contribution >= 0.6 is 0 Å². The maximum Gasteiger partial charge on any atom is 0.128 e. The van der Waals surface area contributed by atoms with Gasteiger partial charge >= 0.3 is 0 Å². The predicted octanol–water partition coefficient (Wildman–Crippen LogP) is 3.84. The van der Waals surface area contributed by atoms with Crippen molar-refractivity contribution in [3.63, 3.8) is 0 Å². The predicted molar refractivity (Wildman–Crippen MR) is 75.8 cm³/mol. The average molecular weight is 271 g/mol. The summed E-state index contributed by atoms with van der Waals surface area (Å²) in [5.74, 6) is -1.27. The Morgan fingerprint density at radius 1 is 1.00 bits per heavy atom. The Bertz CT molecular complexity index is 767. The topological polar surface area (TPSA) is 50.9 Å². The minimum atomic E-state index is -0.634. The lowest BCUT2D eigenvalue weighted by atomic mass is 10.1. The van der Waals surface area contributed by atoms with Crippen LogP contribution in [0.5, 0.6) is 0 Å². The Kier molecular flexibility index (Phi) is 2.95. The number of nitrogens with two attached hydrogens (primary N) is 1. The summed E-state index contributed by atoms with van der Waals surface area (Å²) in [5.41, 5.74) is 8.07. The van der Waals surface area contributed by atoms with E-state index in [0.717, 1.165) is 11.5 Å². The van der Waals surface area contributed by atoms with E-state index in [9.17, 15) is 8.78 Å². The molecule has 3 N–H and O–H groups in total. The molecule has 0 aliphatic carbocycles. The number of fused-ring (bicyclic) bond motifs is 1. The number of rotatable bonds is 2. The third-order valence-electron chi connectivity index (χ3n) is 2.94. The highest BCUT2D eigenvalue weighted by Crippen LogP contribution is 2.28. The zero-order valence-corrected chi connectivity index (χ0v) is 10.4. The molecular weight excluding hydrogens is 260 g/mol. The van der Waals surface area contributed by atoms with Crippen LogP contribution in [0.4, 0.5) is 25.8 Å². The summed E-state index contributed by atoms with van der Waals surface area (Å²) in [6, 6.07) is 10.4. The zero-order valence-electron chi connectivity index (χ0n) is 10.4. The smallest absolute Gasteiger partial charge is 0.128 e. The van der Waals surface area contributed by atoms with Crippen molar-refractivity contribution in [1.82, 2.24) is 4.98 Å². The van der Waals surface area contributed by atoms with E-state index in [1.165, 1.54) is 12.1 Å². The fourth-order valence-corrected chi connectivity index (χ4v) is 2.09. The normalized spacial score (nSPS) is 10.7. The number of hydrogen-bond acceptors (Lipinski definition) is 3. The van der Waals surface area contributed by atoms with Crippen molar-refractivity contribution in [2.24, 2.45) is 0 Å². The minimum absolute atomic E-state index is 0.331. The van der Waals surface area contributed by atoms with Gasteiger partial charge in [-0.05, 0) is 24.3 Å². The maximum atomic E-state index is 13.2. The van der Waals surface area contributed by atoms with Crippen molar-refractivity contribution in [2.45, 2.75) is 0 Å². The van der Waals surface area contributed by atoms with Gasteiger partial charge in [-0.2, -0.15) is 0 Å². The van der Waals surface area contributed by atoms with Gasteiger partial charge in [0.25, 0.3) is 0 Å². The SMILES string of the molecule is Nc1cccc2c(Nc3cc(F)cc(F)c3)ccnc12. The Morgan fingerprint density at radius 2 is 1.75 bits per heavy atom. The van der Waals surface area contributed by atoms with Crippen LogP contribution in [0.2, 0.25) is 0 Å². The molecule has 3 aromatic rings. The second-order valence-corrected chi connectivity index (χ2v) is 4.39. The van der Waals surface area contributed by atoms with E-state index in [1.807, 2.05) is 6.07 Å². The summed E-state index contributed by atoms with van der Waals surface area (Å²) in [6.07, 6.45) is 1.59. The van der Waals surface area contributed by atoms with Crippen molar-refractivity contribution in [2.75, 3.05) is 11.1 Å². The molecule has 0 amide bonds. The number of hydrogen-bond donors (Lipinski definition) is 2. The first-order chi connectivity index (χ1) is 9.63. The van der Waals surface area contributed by atoms with Crippen molar-refractivity contribution in [3.05, 3.63) is 60.3 Å². The molecule has 5 heteroatoms. The van der Waals surface area contributed by atoms with Gasteiger partial charge < -0.3 is 11.1 Å². The molecule has 0 radical (unpaired) electrons. The molecule has 0 spiro atoms. The van der Waals surface area contributed by atoms with E-state index in [4.69, 9.17) is 5.73 Å². The highest BCUT2D eigenvalue weighted by atomic mass is 19.1. The highest BCUT2D eigenvalue weighted by Gasteiger charge is 2.06. The lowest BCUT2D eigenvalue weighted by molar-refractivity contribution is 0.584. The maximum absolute atomic E-state index is 13.2. The van der Waals surface area contributed by atoms with Crippen LogP contribution in [0.25, 0.3) is 10.9 Å². The van der Waals surface area contributed by atoms with Crippen LogP contribution in [0.15, 0.2) is 48.7 Å². The number of nitrogen functional groups attached to an aromatic ring is 1. The first-order valence-corrected chi connectivity index (χ1v) is 6.00. The van der Waals surface area contributed by atoms with Crippen LogP contribution in [0.1, 0.15) is 0 Å². The number of para-hydroxylation sites is 1. The lowest BCUT2D eigenvalue weighted by Gasteiger charge is -2.10. The number of pyridine rings is 1. The molecular formula is C15H11F2N3. The number of halogens is 2. The summed E-state index contributed by atoms with van der Waals surface area (Å²) in [7, 11) is 0. The van der Waals surface area contributed by atoms with Crippen molar-refractivity contribution in [1.29, 1.82) is 0 Å². The highest BCUT2D eigenvalue weighted by molar-refractivity contribution is 5.98. The number of nitrogens with zero attached hydrogens (tertiary/aromatic N) is 1. The second kappa shape index (κ2) is 4.77. The van der Waals surface area contributed by atoms with E-state index in [1.54, 1.807) is 24.4 Å². The molecule has 0 saturated carbocycles. The van der Waals surface area contributed by atoms with E-state index >= 15 is 0 Å². The van der Waals surface area contributed by atoms with E-state index in [-0.39, 0.29) is 0 Å². The Morgan fingerprint density at radius 3 is 2.50 bits per heavy atom. The fourth-order valence-electron chi connectivity index (χ4n) is 2.09. The first-order valence-electron chi connectivity index (χ1n) is 6.00. The number of nitrogens with one attached hydrogen (secondary N) is 1. The summed E-state index contributed by atoms with van der Waals surface area (Å²) in [5, 5.41) is 3.77. The van der Waals surface area contributed by atoms with Crippen LogP contribution in [0, 0.1) is 11.6 Å². The second-order valence-electron chi connectivity index (χ2n) is 4.39. The van der Waals surface area contributed by atoms with Gasteiger partial charge in [-0.25, -0.2) is 8.78 Å². The lowest BCUT2D eigenvalue weighted by Crippen LogP contribution is -1.96. The molecule has 0 saturated heterocycles. The van der Waals surface area contributed by atoms with E-state index in [2.05, 4.69) is 10.3 Å². The fraction of sp³-hybridized carbons (Fsp3) is 0. The van der Waals surface area contributed by atoms with Gasteiger partial charge in [-0.15, -0.1) is 0 Å². The molecule has 20 heavy (non-hydrogen) atoms. The molecule has 100 valence electrons. The molecule has 0 atom stereocenters. The van der Waals surface area contributed by atoms with Crippen molar-refractivity contribution >= 4 is 28.0 Å². The van der Waals surface area contributed by atoms with Gasteiger partial charge in [0.2, 0.25) is 0 Å². The first kappa shape index (κ1) is 12.3. The Labute approximate surface area is 114 Å². The van der Waals surface area contributed by atoms with E-state index < -0.39 is 11.6 Å². The molecule has 0 aliphatic heterocycles. The van der Waals surface area contributed by atoms with Gasteiger partial charge in [0.05, 0.1) is 11.2 Å². The summed E-state index contributed by atoms with van der Waals surface area (Å²) < 4.78 is 26.4. The average Bonchev–Trinajstić information content (AvgIpc) is 2.39. The molecule has 3 nitrogen and oxygen atoms in total. The zero-order chi connectivity index (χ0) is 14.1. The largest absolute Gasteiger partial charge is 0.397 e. The third-order valence-corrected chi connectivity index (χ3v) is 2.94. The molecule has 0 aliphatic rings. The van der Waals surface area contributed by atoms with Crippen molar-refractivity contribution < 1.29 is 8.78 Å². The Balaban J connectivity index is 2.09. The summed E-state index contributed by atoms with van der Waals surface area (Å²) in [6.45, 7) is 0. The van der Waals surface area contributed by atoms with Crippen molar-refractivity contribution in [3.8, 4) is 0 Å². The van der Waals surface area contributed by atoms with Crippen LogP contribution in [-0.4, -0.2) is 4.98 Å². The van der Waals surface area contributed by atoms with Gasteiger partial charge in [-0.3, -0.25) is 4.98 Å². The van der Waals surface area contributed by atoms with Crippen LogP contribution in [0.3, 0.4) is 0 Å². The summed E-state index contributed by atoms with van der Waals surface area (Å²) >= 11 is 0. The van der Waals surface area contributed by atoms with E-state index in [0.29, 0.717) is 22.6 Å². The quantitative estimate of drug-likeness (QED) is 0.696. The van der Waals surface area contributed by atoms with Gasteiger partial charge in [0.1, 0.15) is 11.6 Å². The minimum Gasteiger partial charge on any atom is -0.397 e. The third kappa shape index (κ3) is 2.25. The standard InChI is InChI=1S/C15H11F2N3/c16-9-6-10(17)8-11(7-9)20-14-4-5-19-15-12(14)2-1-3-13(15)18/h1-8H,18H2,(H,19,20). The molecule has 0 unspecified atom stereocenters. The molecule has 0 fully saturated rings. The molecule has 1 heterocycles. The van der Waals surface area contributed by atoms with Gasteiger partial charge in [0.15, 0.2) is 0 Å². The Hall–Kier alpha value is -2.69. The van der Waals surface area contributed by atoms with Gasteiger partial charge in [-0.1, -0.05) is 12.1 Å². The number of aromatic nitrogens is 1. The number of benzene rings is 2.